The minimum atomic E-state index is -3.91. The van der Waals surface area contributed by atoms with Crippen molar-refractivity contribution in [3.05, 3.63) is 59.2 Å². The van der Waals surface area contributed by atoms with Crippen LogP contribution in [-0.2, 0) is 14.8 Å². The molecule has 2 aromatic carbocycles. The molecular weight excluding hydrogens is 382 g/mol. The summed E-state index contributed by atoms with van der Waals surface area (Å²) in [6.07, 6.45) is 0. The SMILES string of the molecule is Cc1ccc(S(=O)(=O)Nc2ccc(C(N)=O)cc2)cc1C(=O)N1CCOCC1. The van der Waals surface area contributed by atoms with E-state index in [1.165, 1.54) is 36.4 Å². The van der Waals surface area contributed by atoms with Crippen LogP contribution in [0.2, 0.25) is 0 Å². The van der Waals surface area contributed by atoms with Crippen LogP contribution in [0.4, 0.5) is 5.69 Å². The zero-order valence-electron chi connectivity index (χ0n) is 15.3. The monoisotopic (exact) mass is 403 g/mol. The molecule has 0 unspecified atom stereocenters. The summed E-state index contributed by atoms with van der Waals surface area (Å²) in [5.41, 5.74) is 6.78. The molecule has 0 saturated carbocycles. The van der Waals surface area contributed by atoms with Gasteiger partial charge >= 0.3 is 0 Å². The van der Waals surface area contributed by atoms with Crippen LogP contribution >= 0.6 is 0 Å². The molecule has 0 bridgehead atoms. The molecule has 9 heteroatoms. The number of carbonyl (C=O) groups is 2. The Hall–Kier alpha value is -2.91. The molecule has 0 atom stereocenters. The van der Waals surface area contributed by atoms with E-state index in [0.717, 1.165) is 0 Å². The topological polar surface area (TPSA) is 119 Å². The first-order valence-electron chi connectivity index (χ1n) is 8.68. The van der Waals surface area contributed by atoms with E-state index in [1.807, 2.05) is 0 Å². The molecule has 0 radical (unpaired) electrons. The molecule has 28 heavy (non-hydrogen) atoms. The van der Waals surface area contributed by atoms with Crippen molar-refractivity contribution < 1.29 is 22.7 Å². The Labute approximate surface area is 163 Å². The summed E-state index contributed by atoms with van der Waals surface area (Å²) < 4.78 is 33.2. The lowest BCUT2D eigenvalue weighted by atomic mass is 10.1. The number of hydrogen-bond donors (Lipinski definition) is 2. The van der Waals surface area contributed by atoms with E-state index in [9.17, 15) is 18.0 Å². The third-order valence-corrected chi connectivity index (χ3v) is 5.85. The van der Waals surface area contributed by atoms with E-state index < -0.39 is 15.9 Å². The predicted octanol–water partition coefficient (Wildman–Crippen LogP) is 1.37. The van der Waals surface area contributed by atoms with Gasteiger partial charge in [0.25, 0.3) is 15.9 Å². The zero-order chi connectivity index (χ0) is 20.3. The lowest BCUT2D eigenvalue weighted by molar-refractivity contribution is 0.0302. The quantitative estimate of drug-likeness (QED) is 0.781. The molecular formula is C19H21N3O5S. The van der Waals surface area contributed by atoms with Gasteiger partial charge in [0.2, 0.25) is 5.91 Å². The number of carbonyl (C=O) groups excluding carboxylic acids is 2. The molecule has 0 spiro atoms. The van der Waals surface area contributed by atoms with Crippen LogP contribution in [0, 0.1) is 6.92 Å². The van der Waals surface area contributed by atoms with Crippen molar-refractivity contribution in [1.82, 2.24) is 4.90 Å². The van der Waals surface area contributed by atoms with Gasteiger partial charge in [-0.15, -0.1) is 0 Å². The van der Waals surface area contributed by atoms with Gasteiger partial charge in [-0.2, -0.15) is 0 Å². The van der Waals surface area contributed by atoms with Crippen LogP contribution in [0.1, 0.15) is 26.3 Å². The first kappa shape index (κ1) is 19.8. The molecule has 3 N–H and O–H groups in total. The van der Waals surface area contributed by atoms with Crippen molar-refractivity contribution in [2.75, 3.05) is 31.0 Å². The number of ether oxygens (including phenoxy) is 1. The third-order valence-electron chi connectivity index (χ3n) is 4.47. The lowest BCUT2D eigenvalue weighted by Gasteiger charge is -2.27. The summed E-state index contributed by atoms with van der Waals surface area (Å²) in [6.45, 7) is 3.64. The van der Waals surface area contributed by atoms with Gasteiger partial charge in [-0.3, -0.25) is 14.3 Å². The summed E-state index contributed by atoms with van der Waals surface area (Å²) >= 11 is 0. The van der Waals surface area contributed by atoms with E-state index >= 15 is 0 Å². The number of nitrogens with one attached hydrogen (secondary N) is 1. The fourth-order valence-electron chi connectivity index (χ4n) is 2.85. The van der Waals surface area contributed by atoms with Crippen LogP contribution < -0.4 is 10.5 Å². The highest BCUT2D eigenvalue weighted by atomic mass is 32.2. The van der Waals surface area contributed by atoms with E-state index in [-0.39, 0.29) is 22.1 Å². The molecule has 0 aliphatic carbocycles. The summed E-state index contributed by atoms with van der Waals surface area (Å²) in [7, 11) is -3.91. The lowest BCUT2D eigenvalue weighted by Crippen LogP contribution is -2.41. The maximum absolute atomic E-state index is 12.8. The van der Waals surface area contributed by atoms with E-state index in [2.05, 4.69) is 4.72 Å². The second-order valence-corrected chi connectivity index (χ2v) is 8.11. The molecule has 1 saturated heterocycles. The number of rotatable bonds is 5. The first-order valence-corrected chi connectivity index (χ1v) is 10.2. The number of sulfonamides is 1. The van der Waals surface area contributed by atoms with Gasteiger partial charge in [-0.05, 0) is 48.9 Å². The molecule has 8 nitrogen and oxygen atoms in total. The van der Waals surface area contributed by atoms with Crippen LogP contribution in [0.3, 0.4) is 0 Å². The fourth-order valence-corrected chi connectivity index (χ4v) is 3.94. The second kappa shape index (κ2) is 7.99. The number of anilines is 1. The van der Waals surface area contributed by atoms with Crippen molar-refractivity contribution in [3.63, 3.8) is 0 Å². The summed E-state index contributed by atoms with van der Waals surface area (Å²) in [4.78, 5) is 25.5. The normalized spacial score (nSPS) is 14.5. The average molecular weight is 403 g/mol. The van der Waals surface area contributed by atoms with Gasteiger partial charge in [0, 0.05) is 29.9 Å². The van der Waals surface area contributed by atoms with Crippen LogP contribution in [0.25, 0.3) is 0 Å². The largest absolute Gasteiger partial charge is 0.378 e. The van der Waals surface area contributed by atoms with E-state index in [1.54, 1.807) is 17.9 Å². The molecule has 1 aliphatic heterocycles. The highest BCUT2D eigenvalue weighted by molar-refractivity contribution is 7.92. The highest BCUT2D eigenvalue weighted by Gasteiger charge is 2.23. The van der Waals surface area contributed by atoms with Crippen molar-refractivity contribution in [2.24, 2.45) is 5.73 Å². The molecule has 2 amide bonds. The molecule has 0 aromatic heterocycles. The van der Waals surface area contributed by atoms with E-state index in [4.69, 9.17) is 10.5 Å². The van der Waals surface area contributed by atoms with Gasteiger partial charge in [0.05, 0.1) is 18.1 Å². The van der Waals surface area contributed by atoms with Crippen LogP contribution in [0.5, 0.6) is 0 Å². The predicted molar refractivity (Wildman–Crippen MR) is 104 cm³/mol. The summed E-state index contributed by atoms with van der Waals surface area (Å²) in [5.74, 6) is -0.817. The van der Waals surface area contributed by atoms with Gasteiger partial charge in [0.1, 0.15) is 0 Å². The highest BCUT2D eigenvalue weighted by Crippen LogP contribution is 2.21. The van der Waals surface area contributed by atoms with Gasteiger partial charge in [-0.25, -0.2) is 8.42 Å². The summed E-state index contributed by atoms with van der Waals surface area (Å²) in [6, 6.07) is 10.2. The van der Waals surface area contributed by atoms with Crippen molar-refractivity contribution in [1.29, 1.82) is 0 Å². The Balaban J connectivity index is 1.85. The maximum Gasteiger partial charge on any atom is 0.261 e. The number of aryl methyl sites for hydroxylation is 1. The Kier molecular flexibility index (Phi) is 5.66. The number of amides is 2. The van der Waals surface area contributed by atoms with Crippen LogP contribution in [0.15, 0.2) is 47.4 Å². The molecule has 148 valence electrons. The number of primary amides is 1. The fraction of sp³-hybridized carbons (Fsp3) is 0.263. The minimum absolute atomic E-state index is 0.0197. The average Bonchev–Trinajstić information content (AvgIpc) is 2.68. The van der Waals surface area contributed by atoms with Crippen molar-refractivity contribution in [3.8, 4) is 0 Å². The number of benzene rings is 2. The number of hydrogen-bond acceptors (Lipinski definition) is 5. The number of nitrogens with zero attached hydrogens (tertiary/aromatic N) is 1. The van der Waals surface area contributed by atoms with E-state index in [0.29, 0.717) is 37.4 Å². The third kappa shape index (κ3) is 4.32. The standard InChI is InChI=1S/C19H21N3O5S/c1-13-2-7-16(12-17(13)19(24)22-8-10-27-11-9-22)28(25,26)21-15-5-3-14(4-6-15)18(20)23/h2-7,12,21H,8-11H2,1H3,(H2,20,23). The Morgan fingerprint density at radius 2 is 1.71 bits per heavy atom. The van der Waals surface area contributed by atoms with Gasteiger partial charge < -0.3 is 15.4 Å². The molecule has 3 rings (SSSR count). The molecule has 1 fully saturated rings. The Morgan fingerprint density at radius 1 is 1.07 bits per heavy atom. The molecule has 1 aliphatic rings. The number of morpholine rings is 1. The molecule has 2 aromatic rings. The second-order valence-electron chi connectivity index (χ2n) is 6.43. The first-order chi connectivity index (χ1) is 13.3. The smallest absolute Gasteiger partial charge is 0.261 e. The molecule has 1 heterocycles. The van der Waals surface area contributed by atoms with Gasteiger partial charge in [-0.1, -0.05) is 6.07 Å². The zero-order valence-corrected chi connectivity index (χ0v) is 16.2. The van der Waals surface area contributed by atoms with Crippen LogP contribution in [-0.4, -0.2) is 51.4 Å². The maximum atomic E-state index is 12.8. The van der Waals surface area contributed by atoms with Crippen molar-refractivity contribution in [2.45, 2.75) is 11.8 Å². The van der Waals surface area contributed by atoms with Crippen molar-refractivity contribution >= 4 is 27.5 Å². The Bertz CT molecular complexity index is 997. The number of nitrogens with two attached hydrogens (primary N) is 1. The summed E-state index contributed by atoms with van der Waals surface area (Å²) in [5, 5.41) is 0. The van der Waals surface area contributed by atoms with Gasteiger partial charge in [0.15, 0.2) is 0 Å². The minimum Gasteiger partial charge on any atom is -0.378 e. The Morgan fingerprint density at radius 3 is 2.32 bits per heavy atom.